The monoisotopic (exact) mass is 576 g/mol. The number of carboxylic acid groups (broad SMARTS) is 4. The normalized spacial score (nSPS) is 14.2. The maximum Gasteiger partial charge on any atom is 0.326 e. The van der Waals surface area contributed by atoms with Gasteiger partial charge in [-0.05, 0) is 19.8 Å². The number of carboxylic acids is 4. The zero-order valence-electron chi connectivity index (χ0n) is 21.2. The highest BCUT2D eigenvalue weighted by Gasteiger charge is 2.33. The van der Waals surface area contributed by atoms with E-state index in [2.05, 4.69) is 5.32 Å². The predicted molar refractivity (Wildman–Crippen MR) is 129 cm³/mol. The molecule has 0 heterocycles. The number of nitrogens with one attached hydrogen (secondary N) is 4. The fraction of sp³-hybridized carbons (Fsp3) is 0.571. The van der Waals surface area contributed by atoms with Crippen molar-refractivity contribution in [3.8, 4) is 0 Å². The highest BCUT2D eigenvalue weighted by molar-refractivity contribution is 5.97. The summed E-state index contributed by atoms with van der Waals surface area (Å²) in [6, 6.07) is -8.21. The fourth-order valence-corrected chi connectivity index (χ4v) is 2.98. The third-order valence-corrected chi connectivity index (χ3v) is 5.00. The van der Waals surface area contributed by atoms with Crippen LogP contribution >= 0.6 is 0 Å². The SMILES string of the molecule is C[C@H](N)C(=O)N[C@@H](CCC(=O)O)C(=O)N[C@@H](CC(=O)O)C(=O)N[C@@H](CCC(=O)O)C(=O)N[C@@H](CC(N)=O)C(=O)O. The van der Waals surface area contributed by atoms with E-state index in [1.54, 1.807) is 0 Å². The van der Waals surface area contributed by atoms with E-state index in [0.717, 1.165) is 0 Å². The third-order valence-electron chi connectivity index (χ3n) is 5.00. The van der Waals surface area contributed by atoms with Gasteiger partial charge in [-0.15, -0.1) is 0 Å². The Bertz CT molecular complexity index is 1020. The lowest BCUT2D eigenvalue weighted by Crippen LogP contribution is -2.59. The average molecular weight is 577 g/mol. The van der Waals surface area contributed by atoms with Crippen molar-refractivity contribution in [1.29, 1.82) is 0 Å². The Labute approximate surface area is 226 Å². The molecule has 0 aromatic rings. The molecule has 0 aliphatic rings. The van der Waals surface area contributed by atoms with E-state index < -0.39 is 122 Å². The molecule has 0 fully saturated rings. The summed E-state index contributed by atoms with van der Waals surface area (Å²) in [4.78, 5) is 106. The molecule has 0 saturated carbocycles. The van der Waals surface area contributed by atoms with Crippen molar-refractivity contribution >= 4 is 53.4 Å². The molecule has 0 aliphatic heterocycles. The number of aliphatic carboxylic acids is 4. The highest BCUT2D eigenvalue weighted by Crippen LogP contribution is 2.05. The maximum absolute atomic E-state index is 12.9. The van der Waals surface area contributed by atoms with Crippen LogP contribution in [0, 0.1) is 0 Å². The van der Waals surface area contributed by atoms with E-state index in [1.807, 2.05) is 16.0 Å². The van der Waals surface area contributed by atoms with Crippen LogP contribution in [-0.4, -0.2) is 104 Å². The highest BCUT2D eigenvalue weighted by atomic mass is 16.4. The van der Waals surface area contributed by atoms with Gasteiger partial charge in [0.2, 0.25) is 29.5 Å². The van der Waals surface area contributed by atoms with Gasteiger partial charge in [0.1, 0.15) is 24.2 Å². The van der Waals surface area contributed by atoms with E-state index in [4.69, 9.17) is 21.7 Å². The quantitative estimate of drug-likeness (QED) is 0.0692. The molecule has 224 valence electrons. The van der Waals surface area contributed by atoms with Crippen LogP contribution in [0.4, 0.5) is 0 Å². The number of carbonyl (C=O) groups is 9. The van der Waals surface area contributed by atoms with Gasteiger partial charge in [0.05, 0.1) is 18.9 Å². The van der Waals surface area contributed by atoms with Crippen molar-refractivity contribution in [2.45, 2.75) is 75.7 Å². The number of nitrogens with two attached hydrogens (primary N) is 2. The molecule has 0 saturated heterocycles. The van der Waals surface area contributed by atoms with E-state index in [1.165, 1.54) is 6.92 Å². The van der Waals surface area contributed by atoms with Crippen LogP contribution in [0.1, 0.15) is 45.4 Å². The second kappa shape index (κ2) is 16.9. The van der Waals surface area contributed by atoms with Gasteiger partial charge in [0.25, 0.3) is 0 Å². The van der Waals surface area contributed by atoms with Crippen molar-refractivity contribution in [2.75, 3.05) is 0 Å². The molecule has 40 heavy (non-hydrogen) atoms. The van der Waals surface area contributed by atoms with Crippen LogP contribution in [0.5, 0.6) is 0 Å². The van der Waals surface area contributed by atoms with Crippen LogP contribution in [0.3, 0.4) is 0 Å². The maximum atomic E-state index is 12.9. The largest absolute Gasteiger partial charge is 0.481 e. The van der Waals surface area contributed by atoms with Gasteiger partial charge in [0.15, 0.2) is 0 Å². The van der Waals surface area contributed by atoms with Crippen molar-refractivity contribution in [3.05, 3.63) is 0 Å². The average Bonchev–Trinajstić information content (AvgIpc) is 2.81. The summed E-state index contributed by atoms with van der Waals surface area (Å²) >= 11 is 0. The van der Waals surface area contributed by atoms with Crippen LogP contribution in [0.25, 0.3) is 0 Å². The molecule has 0 spiro atoms. The minimum Gasteiger partial charge on any atom is -0.481 e. The number of amides is 5. The summed E-state index contributed by atoms with van der Waals surface area (Å²) in [5, 5.41) is 44.4. The Morgan fingerprint density at radius 2 is 0.950 bits per heavy atom. The molecule has 0 bridgehead atoms. The zero-order valence-corrected chi connectivity index (χ0v) is 21.2. The summed E-state index contributed by atoms with van der Waals surface area (Å²) in [6.45, 7) is 1.27. The van der Waals surface area contributed by atoms with E-state index >= 15 is 0 Å². The Kier molecular flexibility index (Phi) is 14.9. The first-order valence-corrected chi connectivity index (χ1v) is 11.6. The van der Waals surface area contributed by atoms with Gasteiger partial charge in [-0.25, -0.2) is 4.79 Å². The van der Waals surface area contributed by atoms with E-state index in [0.29, 0.717) is 0 Å². The van der Waals surface area contributed by atoms with Crippen LogP contribution < -0.4 is 32.7 Å². The van der Waals surface area contributed by atoms with Gasteiger partial charge >= 0.3 is 23.9 Å². The standard InChI is InChI=1S/C21H32N6O13/c1-8(22)17(35)24-9(2-4-14(29)30)18(36)26-11(7-16(33)34)20(38)25-10(3-5-15(31)32)19(37)27-12(21(39)40)6-13(23)28/h8-12H,2-7,22H2,1H3,(H2,23,28)(H,24,35)(H,25,38)(H,26,36)(H,27,37)(H,29,30)(H,31,32)(H,33,34)(H,39,40)/t8-,9-,10-,11-,12-/m0/s1. The van der Waals surface area contributed by atoms with Gasteiger partial charge in [-0.2, -0.15) is 0 Å². The second-order valence-electron chi connectivity index (χ2n) is 8.50. The molecule has 12 N–H and O–H groups in total. The lowest BCUT2D eigenvalue weighted by molar-refractivity contribution is -0.144. The van der Waals surface area contributed by atoms with Crippen LogP contribution in [-0.2, 0) is 43.2 Å². The second-order valence-corrected chi connectivity index (χ2v) is 8.50. The summed E-state index contributed by atoms with van der Waals surface area (Å²) in [5.74, 6) is -11.7. The Morgan fingerprint density at radius 1 is 0.575 bits per heavy atom. The number of hydrogen-bond acceptors (Lipinski definition) is 10. The topological polar surface area (TPSA) is 335 Å². The van der Waals surface area contributed by atoms with E-state index in [-0.39, 0.29) is 0 Å². The van der Waals surface area contributed by atoms with Crippen molar-refractivity contribution in [3.63, 3.8) is 0 Å². The zero-order chi connectivity index (χ0) is 31.2. The molecule has 5 atom stereocenters. The molecule has 19 nitrogen and oxygen atoms in total. The first-order valence-electron chi connectivity index (χ1n) is 11.6. The lowest BCUT2D eigenvalue weighted by Gasteiger charge is -2.25. The molecular weight excluding hydrogens is 544 g/mol. The lowest BCUT2D eigenvalue weighted by atomic mass is 10.1. The molecule has 0 rings (SSSR count). The molecular formula is C21H32N6O13. The summed E-state index contributed by atoms with van der Waals surface area (Å²) in [5.41, 5.74) is 10.4. The molecule has 0 radical (unpaired) electrons. The summed E-state index contributed by atoms with van der Waals surface area (Å²) in [6.07, 6.45) is -4.33. The predicted octanol–water partition coefficient (Wildman–Crippen LogP) is -4.56. The molecule has 0 aromatic carbocycles. The van der Waals surface area contributed by atoms with Crippen molar-refractivity contribution in [1.82, 2.24) is 21.3 Å². The van der Waals surface area contributed by atoms with E-state index in [9.17, 15) is 53.4 Å². The Balaban J connectivity index is 5.93. The van der Waals surface area contributed by atoms with Crippen molar-refractivity contribution in [2.24, 2.45) is 11.5 Å². The fourth-order valence-electron chi connectivity index (χ4n) is 2.98. The third kappa shape index (κ3) is 14.2. The van der Waals surface area contributed by atoms with Gasteiger partial charge in [-0.3, -0.25) is 38.4 Å². The first-order chi connectivity index (χ1) is 18.4. The smallest absolute Gasteiger partial charge is 0.326 e. The van der Waals surface area contributed by atoms with Gasteiger partial charge < -0.3 is 53.2 Å². The summed E-state index contributed by atoms with van der Waals surface area (Å²) < 4.78 is 0. The number of carbonyl (C=O) groups excluding carboxylic acids is 5. The Hall–Kier alpha value is -4.81. The Morgan fingerprint density at radius 3 is 1.30 bits per heavy atom. The minimum atomic E-state index is -1.93. The molecule has 0 unspecified atom stereocenters. The molecule has 19 heteroatoms. The molecule has 0 aromatic heterocycles. The number of primary amides is 1. The van der Waals surface area contributed by atoms with Crippen LogP contribution in [0.2, 0.25) is 0 Å². The van der Waals surface area contributed by atoms with Crippen molar-refractivity contribution < 1.29 is 63.6 Å². The summed E-state index contributed by atoms with van der Waals surface area (Å²) in [7, 11) is 0. The number of rotatable bonds is 19. The van der Waals surface area contributed by atoms with Crippen LogP contribution in [0.15, 0.2) is 0 Å². The molecule has 5 amide bonds. The first kappa shape index (κ1) is 35.2. The number of hydrogen-bond donors (Lipinski definition) is 10. The molecule has 0 aliphatic carbocycles. The van der Waals surface area contributed by atoms with Gasteiger partial charge in [0, 0.05) is 12.8 Å². The van der Waals surface area contributed by atoms with Gasteiger partial charge in [-0.1, -0.05) is 0 Å². The minimum absolute atomic E-state index is 0.471.